The molecule has 2 N–H and O–H groups in total. The van der Waals surface area contributed by atoms with Gasteiger partial charge in [-0.15, -0.1) is 0 Å². The molecule has 1 spiro atoms. The van der Waals surface area contributed by atoms with Crippen LogP contribution in [-0.2, 0) is 16.7 Å². The van der Waals surface area contributed by atoms with Crippen LogP contribution in [0, 0.1) is 11.2 Å². The van der Waals surface area contributed by atoms with Gasteiger partial charge in [0.1, 0.15) is 11.5 Å². The zero-order valence-corrected chi connectivity index (χ0v) is 16.6. The zero-order valence-electron chi connectivity index (χ0n) is 15.1. The number of halogens is 3. The SMILES string of the molecule is C[C@]1(c2cc(CC(=O)c3ncc(Cl)cc3Cl)ccc2F)N=C(N)OCC12CC2. The predicted octanol–water partition coefficient (Wildman–Crippen LogP) is 4.29. The first-order chi connectivity index (χ1) is 13.2. The van der Waals surface area contributed by atoms with Crippen LogP contribution in [0.4, 0.5) is 4.39 Å². The van der Waals surface area contributed by atoms with E-state index in [1.165, 1.54) is 18.3 Å². The number of ketones is 1. The van der Waals surface area contributed by atoms with E-state index in [4.69, 9.17) is 33.7 Å². The van der Waals surface area contributed by atoms with Crippen molar-refractivity contribution < 1.29 is 13.9 Å². The Hall–Kier alpha value is -2.18. The molecule has 0 bridgehead atoms. The maximum atomic E-state index is 14.8. The number of nitrogens with two attached hydrogens (primary N) is 1. The molecule has 1 fully saturated rings. The quantitative estimate of drug-likeness (QED) is 0.746. The third-order valence-electron chi connectivity index (χ3n) is 5.71. The monoisotopic (exact) mass is 421 g/mol. The van der Waals surface area contributed by atoms with Gasteiger partial charge in [0, 0.05) is 23.6 Å². The lowest BCUT2D eigenvalue weighted by atomic mass is 9.76. The minimum absolute atomic E-state index is 0.0282. The summed E-state index contributed by atoms with van der Waals surface area (Å²) in [5.74, 6) is -0.661. The van der Waals surface area contributed by atoms with Crippen molar-refractivity contribution in [2.24, 2.45) is 16.1 Å². The average molecular weight is 422 g/mol. The average Bonchev–Trinajstić information content (AvgIpc) is 3.41. The van der Waals surface area contributed by atoms with E-state index in [1.54, 1.807) is 12.1 Å². The molecule has 8 heteroatoms. The molecule has 1 aliphatic heterocycles. The minimum Gasteiger partial charge on any atom is -0.465 e. The molecule has 1 saturated carbocycles. The highest BCUT2D eigenvalue weighted by Gasteiger charge is 2.61. The second-order valence-electron chi connectivity index (χ2n) is 7.49. The van der Waals surface area contributed by atoms with Crippen molar-refractivity contribution in [2.45, 2.75) is 31.7 Å². The van der Waals surface area contributed by atoms with E-state index in [1.807, 2.05) is 6.92 Å². The summed E-state index contributed by atoms with van der Waals surface area (Å²) in [5, 5.41) is 0.536. The topological polar surface area (TPSA) is 77.6 Å². The lowest BCUT2D eigenvalue weighted by Gasteiger charge is -2.38. The van der Waals surface area contributed by atoms with E-state index >= 15 is 0 Å². The summed E-state index contributed by atoms with van der Waals surface area (Å²) < 4.78 is 20.2. The molecule has 5 nitrogen and oxygen atoms in total. The number of hydrogen-bond acceptors (Lipinski definition) is 5. The molecular formula is C20H18Cl2FN3O2. The summed E-state index contributed by atoms with van der Waals surface area (Å²) in [6.45, 7) is 2.28. The fourth-order valence-electron chi connectivity index (χ4n) is 3.80. The van der Waals surface area contributed by atoms with Gasteiger partial charge < -0.3 is 10.5 Å². The Morgan fingerprint density at radius 2 is 2.07 bits per heavy atom. The van der Waals surface area contributed by atoms with Crippen molar-refractivity contribution in [2.75, 3.05) is 6.61 Å². The maximum Gasteiger partial charge on any atom is 0.282 e. The fraction of sp³-hybridized carbons (Fsp3) is 0.350. The Labute approximate surface area is 171 Å². The molecule has 1 aromatic heterocycles. The molecule has 28 heavy (non-hydrogen) atoms. The van der Waals surface area contributed by atoms with Crippen molar-refractivity contribution in [3.05, 3.63) is 63.1 Å². The Morgan fingerprint density at radius 1 is 1.32 bits per heavy atom. The van der Waals surface area contributed by atoms with E-state index in [2.05, 4.69) is 9.98 Å². The van der Waals surface area contributed by atoms with Gasteiger partial charge in [-0.3, -0.25) is 4.79 Å². The van der Waals surface area contributed by atoms with Crippen molar-refractivity contribution in [1.82, 2.24) is 4.98 Å². The first kappa shape index (κ1) is 19.2. The van der Waals surface area contributed by atoms with E-state index in [9.17, 15) is 9.18 Å². The molecule has 2 aromatic rings. The first-order valence-electron chi connectivity index (χ1n) is 8.85. The number of benzene rings is 1. The van der Waals surface area contributed by atoms with Gasteiger partial charge in [0.25, 0.3) is 6.02 Å². The van der Waals surface area contributed by atoms with Gasteiger partial charge in [-0.05, 0) is 43.5 Å². The Balaban J connectivity index is 1.68. The highest BCUT2D eigenvalue weighted by Crippen LogP contribution is 2.62. The molecule has 1 aliphatic carbocycles. The summed E-state index contributed by atoms with van der Waals surface area (Å²) >= 11 is 11.9. The Kier molecular flexibility index (Phi) is 4.59. The van der Waals surface area contributed by atoms with Crippen LogP contribution in [0.25, 0.3) is 0 Å². The Morgan fingerprint density at radius 3 is 2.75 bits per heavy atom. The van der Waals surface area contributed by atoms with Gasteiger partial charge in [-0.2, -0.15) is 0 Å². The molecule has 1 aromatic carbocycles. The summed E-state index contributed by atoms with van der Waals surface area (Å²) in [5.41, 5.74) is 5.88. The number of ether oxygens (including phenoxy) is 1. The van der Waals surface area contributed by atoms with Crippen LogP contribution in [0.1, 0.15) is 41.4 Å². The van der Waals surface area contributed by atoms with E-state index in [0.717, 1.165) is 12.8 Å². The van der Waals surface area contributed by atoms with Crippen molar-refractivity contribution >= 4 is 35.0 Å². The molecule has 0 saturated heterocycles. The number of nitrogens with zero attached hydrogens (tertiary/aromatic N) is 2. The van der Waals surface area contributed by atoms with Crippen LogP contribution >= 0.6 is 23.2 Å². The second kappa shape index (κ2) is 6.71. The van der Waals surface area contributed by atoms with Crippen molar-refractivity contribution in [1.29, 1.82) is 0 Å². The van der Waals surface area contributed by atoms with Crippen molar-refractivity contribution in [3.63, 3.8) is 0 Å². The number of rotatable bonds is 4. The van der Waals surface area contributed by atoms with Crippen LogP contribution in [0.3, 0.4) is 0 Å². The van der Waals surface area contributed by atoms with Crippen LogP contribution < -0.4 is 5.73 Å². The van der Waals surface area contributed by atoms with Crippen molar-refractivity contribution in [3.8, 4) is 0 Å². The smallest absolute Gasteiger partial charge is 0.282 e. The number of aromatic nitrogens is 1. The summed E-state index contributed by atoms with van der Waals surface area (Å²) in [7, 11) is 0. The van der Waals surface area contributed by atoms with E-state index in [-0.39, 0.29) is 40.2 Å². The number of amidine groups is 1. The lowest BCUT2D eigenvalue weighted by Crippen LogP contribution is -2.43. The molecule has 146 valence electrons. The third kappa shape index (κ3) is 3.14. The van der Waals surface area contributed by atoms with Crippen LogP contribution in [0.5, 0.6) is 0 Å². The molecule has 1 atom stereocenters. The van der Waals surface area contributed by atoms with Gasteiger partial charge in [-0.25, -0.2) is 14.4 Å². The van der Waals surface area contributed by atoms with Gasteiger partial charge in [0.2, 0.25) is 0 Å². The normalized spacial score (nSPS) is 22.5. The molecule has 4 rings (SSSR count). The summed E-state index contributed by atoms with van der Waals surface area (Å²) in [6.07, 6.45) is 3.16. The molecule has 0 unspecified atom stereocenters. The predicted molar refractivity (Wildman–Crippen MR) is 105 cm³/mol. The van der Waals surface area contributed by atoms with Gasteiger partial charge >= 0.3 is 0 Å². The highest BCUT2D eigenvalue weighted by atomic mass is 35.5. The lowest BCUT2D eigenvalue weighted by molar-refractivity contribution is 0.0987. The van der Waals surface area contributed by atoms with Gasteiger partial charge in [0.05, 0.1) is 22.2 Å². The van der Waals surface area contributed by atoms with Gasteiger partial charge in [0.15, 0.2) is 5.78 Å². The molecule has 2 aliphatic rings. The standard InChI is InChI=1S/C20H18Cl2FN3O2/c1-19(20(4-5-20)10-28-18(24)26-19)13-6-11(2-3-15(13)23)7-16(27)17-14(22)8-12(21)9-25-17/h2-3,6,8-9H,4-5,7,10H2,1H3,(H2,24,26)/t19-/m1/s1. The van der Waals surface area contributed by atoms with E-state index in [0.29, 0.717) is 22.8 Å². The zero-order chi connectivity index (χ0) is 20.1. The number of carbonyl (C=O) groups is 1. The van der Waals surface area contributed by atoms with Crippen LogP contribution in [0.2, 0.25) is 10.0 Å². The molecule has 0 radical (unpaired) electrons. The molecular weight excluding hydrogens is 404 g/mol. The first-order valence-corrected chi connectivity index (χ1v) is 9.61. The third-order valence-corrected chi connectivity index (χ3v) is 6.20. The second-order valence-corrected chi connectivity index (χ2v) is 8.33. The fourth-order valence-corrected chi connectivity index (χ4v) is 4.28. The van der Waals surface area contributed by atoms with Crippen LogP contribution in [-0.4, -0.2) is 23.4 Å². The number of Topliss-reactive ketones (excluding diaryl/α,β-unsaturated/α-hetero) is 1. The summed E-state index contributed by atoms with van der Waals surface area (Å²) in [6, 6.07) is 6.14. The highest BCUT2D eigenvalue weighted by molar-refractivity contribution is 6.36. The number of carbonyl (C=O) groups excluding carboxylic acids is 1. The summed E-state index contributed by atoms with van der Waals surface area (Å²) in [4.78, 5) is 21.1. The molecule has 2 heterocycles. The van der Waals surface area contributed by atoms with E-state index < -0.39 is 5.54 Å². The number of aliphatic imine (C=N–C) groups is 1. The Bertz CT molecular complexity index is 1010. The van der Waals surface area contributed by atoms with Crippen LogP contribution in [0.15, 0.2) is 35.5 Å². The van der Waals surface area contributed by atoms with Gasteiger partial charge in [-0.1, -0.05) is 29.3 Å². The maximum absolute atomic E-state index is 14.8. The molecule has 0 amide bonds. The number of hydrogen-bond donors (Lipinski definition) is 1. The minimum atomic E-state index is -0.839. The number of pyridine rings is 1. The largest absolute Gasteiger partial charge is 0.465 e.